The van der Waals surface area contributed by atoms with Crippen molar-refractivity contribution in [3.63, 3.8) is 0 Å². The van der Waals surface area contributed by atoms with Gasteiger partial charge in [0.25, 0.3) is 0 Å². The minimum Gasteiger partial charge on any atom is -0.489 e. The summed E-state index contributed by atoms with van der Waals surface area (Å²) in [5.74, 6) is 0.374. The molecular weight excluding hydrogens is 394 g/mol. The maximum absolute atomic E-state index is 12.7. The maximum atomic E-state index is 12.7. The van der Waals surface area contributed by atoms with Gasteiger partial charge in [-0.25, -0.2) is 9.78 Å². The van der Waals surface area contributed by atoms with Crippen LogP contribution in [0.4, 0.5) is 0 Å². The zero-order chi connectivity index (χ0) is 20.8. The van der Waals surface area contributed by atoms with Crippen LogP contribution in [0.25, 0.3) is 10.6 Å². The molecule has 0 unspecified atom stereocenters. The molecule has 0 aliphatic carbocycles. The third kappa shape index (κ3) is 4.93. The Kier molecular flexibility index (Phi) is 6.20. The van der Waals surface area contributed by atoms with Gasteiger partial charge in [0.2, 0.25) is 0 Å². The van der Waals surface area contributed by atoms with Crippen molar-refractivity contribution >= 4 is 17.3 Å². The van der Waals surface area contributed by atoms with E-state index in [1.54, 1.807) is 17.4 Å². The van der Waals surface area contributed by atoms with Crippen molar-refractivity contribution in [3.05, 3.63) is 107 Å². The molecular formula is C25H21NO3S. The molecule has 0 aliphatic rings. The summed E-state index contributed by atoms with van der Waals surface area (Å²) in [7, 11) is 0. The molecule has 0 fully saturated rings. The Labute approximate surface area is 179 Å². The molecule has 30 heavy (non-hydrogen) atoms. The van der Waals surface area contributed by atoms with Crippen molar-refractivity contribution in [3.8, 4) is 16.3 Å². The van der Waals surface area contributed by atoms with Crippen molar-refractivity contribution in [1.82, 2.24) is 4.98 Å². The lowest BCUT2D eigenvalue weighted by molar-refractivity contribution is 0.0465. The van der Waals surface area contributed by atoms with E-state index in [-0.39, 0.29) is 12.6 Å². The van der Waals surface area contributed by atoms with Gasteiger partial charge < -0.3 is 9.47 Å². The van der Waals surface area contributed by atoms with Gasteiger partial charge in [-0.3, -0.25) is 0 Å². The normalized spacial score (nSPS) is 10.6. The SMILES string of the molecule is Cc1ccc(-c2nc(COC(=O)c3ccccc3COc3ccccc3)cs2)cc1. The van der Waals surface area contributed by atoms with Crippen LogP contribution >= 0.6 is 11.3 Å². The second-order valence-electron chi connectivity index (χ2n) is 6.85. The second-order valence-corrected chi connectivity index (χ2v) is 7.70. The van der Waals surface area contributed by atoms with Gasteiger partial charge in [0, 0.05) is 16.5 Å². The zero-order valence-electron chi connectivity index (χ0n) is 16.6. The Morgan fingerprint density at radius 3 is 2.43 bits per heavy atom. The highest BCUT2D eigenvalue weighted by Crippen LogP contribution is 2.24. The molecule has 150 valence electrons. The first-order chi connectivity index (χ1) is 14.7. The fraction of sp³-hybridized carbons (Fsp3) is 0.120. The van der Waals surface area contributed by atoms with Crippen molar-refractivity contribution in [1.29, 1.82) is 0 Å². The average Bonchev–Trinajstić information content (AvgIpc) is 3.26. The second kappa shape index (κ2) is 9.37. The highest BCUT2D eigenvalue weighted by molar-refractivity contribution is 7.13. The standard InChI is InChI=1S/C25H21NO3S/c1-18-11-13-19(14-12-18)24-26-21(17-30-24)16-29-25(27)23-10-6-5-7-20(23)15-28-22-8-3-2-4-9-22/h2-14,17H,15-16H2,1H3. The number of ether oxygens (including phenoxy) is 2. The van der Waals surface area contributed by atoms with E-state index in [9.17, 15) is 4.79 Å². The van der Waals surface area contributed by atoms with Gasteiger partial charge in [0.05, 0.1) is 11.3 Å². The van der Waals surface area contributed by atoms with Gasteiger partial charge in [-0.15, -0.1) is 11.3 Å². The van der Waals surface area contributed by atoms with Crippen LogP contribution in [-0.4, -0.2) is 11.0 Å². The van der Waals surface area contributed by atoms with Gasteiger partial charge in [0.1, 0.15) is 24.0 Å². The van der Waals surface area contributed by atoms with E-state index in [1.165, 1.54) is 5.56 Å². The van der Waals surface area contributed by atoms with Crippen LogP contribution in [0.15, 0.2) is 84.2 Å². The summed E-state index contributed by atoms with van der Waals surface area (Å²) < 4.78 is 11.3. The molecule has 0 saturated carbocycles. The minimum atomic E-state index is -0.382. The largest absolute Gasteiger partial charge is 0.489 e. The summed E-state index contributed by atoms with van der Waals surface area (Å²) in [6, 6.07) is 25.1. The highest BCUT2D eigenvalue weighted by Gasteiger charge is 2.14. The zero-order valence-corrected chi connectivity index (χ0v) is 17.4. The summed E-state index contributed by atoms with van der Waals surface area (Å²) in [5, 5.41) is 2.84. The summed E-state index contributed by atoms with van der Waals surface area (Å²) >= 11 is 1.54. The summed E-state index contributed by atoms with van der Waals surface area (Å²) in [6.07, 6.45) is 0. The first-order valence-corrected chi connectivity index (χ1v) is 10.5. The Morgan fingerprint density at radius 2 is 1.63 bits per heavy atom. The lowest BCUT2D eigenvalue weighted by Gasteiger charge is -2.10. The monoisotopic (exact) mass is 415 g/mol. The predicted molar refractivity (Wildman–Crippen MR) is 119 cm³/mol. The van der Waals surface area contributed by atoms with E-state index in [0.29, 0.717) is 12.2 Å². The molecule has 0 amide bonds. The molecule has 4 rings (SSSR count). The molecule has 1 aromatic heterocycles. The van der Waals surface area contributed by atoms with Crippen LogP contribution in [-0.2, 0) is 18.0 Å². The predicted octanol–water partition coefficient (Wildman–Crippen LogP) is 6.05. The van der Waals surface area contributed by atoms with Gasteiger partial charge in [0.15, 0.2) is 0 Å². The third-order valence-corrected chi connectivity index (χ3v) is 5.52. The van der Waals surface area contributed by atoms with Crippen molar-refractivity contribution in [2.75, 3.05) is 0 Å². The van der Waals surface area contributed by atoms with Gasteiger partial charge in [-0.05, 0) is 25.1 Å². The van der Waals surface area contributed by atoms with Crippen LogP contribution in [0, 0.1) is 6.92 Å². The van der Waals surface area contributed by atoms with E-state index in [2.05, 4.69) is 24.0 Å². The van der Waals surface area contributed by atoms with Crippen LogP contribution in [0.5, 0.6) is 5.75 Å². The molecule has 0 bridgehead atoms. The fourth-order valence-electron chi connectivity index (χ4n) is 2.94. The van der Waals surface area contributed by atoms with E-state index in [4.69, 9.17) is 9.47 Å². The Balaban J connectivity index is 1.39. The molecule has 0 radical (unpaired) electrons. The highest BCUT2D eigenvalue weighted by atomic mass is 32.1. The number of carbonyl (C=O) groups is 1. The van der Waals surface area contributed by atoms with E-state index in [0.717, 1.165) is 27.6 Å². The molecule has 0 atom stereocenters. The van der Waals surface area contributed by atoms with Crippen molar-refractivity contribution < 1.29 is 14.3 Å². The molecule has 3 aromatic carbocycles. The maximum Gasteiger partial charge on any atom is 0.338 e. The Morgan fingerprint density at radius 1 is 0.900 bits per heavy atom. The fourth-order valence-corrected chi connectivity index (χ4v) is 3.75. The number of aromatic nitrogens is 1. The third-order valence-electron chi connectivity index (χ3n) is 4.58. The summed E-state index contributed by atoms with van der Waals surface area (Å²) in [6.45, 7) is 2.48. The van der Waals surface area contributed by atoms with E-state index < -0.39 is 0 Å². The minimum absolute atomic E-state index is 0.134. The van der Waals surface area contributed by atoms with Crippen LogP contribution in [0.3, 0.4) is 0 Å². The number of hydrogen-bond acceptors (Lipinski definition) is 5. The topological polar surface area (TPSA) is 48.4 Å². The van der Waals surface area contributed by atoms with Crippen LogP contribution in [0.1, 0.15) is 27.2 Å². The molecule has 4 nitrogen and oxygen atoms in total. The number of aryl methyl sites for hydroxylation is 1. The molecule has 0 aliphatic heterocycles. The molecule has 4 aromatic rings. The molecule has 0 saturated heterocycles. The number of carbonyl (C=O) groups excluding carboxylic acids is 1. The number of hydrogen-bond donors (Lipinski definition) is 0. The molecule has 5 heteroatoms. The first kappa shape index (κ1) is 19.9. The van der Waals surface area contributed by atoms with E-state index in [1.807, 2.05) is 66.0 Å². The lowest BCUT2D eigenvalue weighted by atomic mass is 10.1. The first-order valence-electron chi connectivity index (χ1n) is 9.63. The number of benzene rings is 3. The number of nitrogens with zero attached hydrogens (tertiary/aromatic N) is 1. The lowest BCUT2D eigenvalue weighted by Crippen LogP contribution is -2.10. The van der Waals surface area contributed by atoms with E-state index >= 15 is 0 Å². The smallest absolute Gasteiger partial charge is 0.338 e. The summed E-state index contributed by atoms with van der Waals surface area (Å²) in [5.41, 5.74) is 4.29. The number of thiazole rings is 1. The van der Waals surface area contributed by atoms with Crippen molar-refractivity contribution in [2.45, 2.75) is 20.1 Å². The molecule has 0 spiro atoms. The molecule has 1 heterocycles. The quantitative estimate of drug-likeness (QED) is 0.345. The Hall–Kier alpha value is -3.44. The average molecular weight is 416 g/mol. The number of esters is 1. The number of para-hydroxylation sites is 1. The Bertz CT molecular complexity index is 1120. The summed E-state index contributed by atoms with van der Waals surface area (Å²) in [4.78, 5) is 17.3. The van der Waals surface area contributed by atoms with Gasteiger partial charge in [-0.1, -0.05) is 66.2 Å². The molecule has 0 N–H and O–H groups in total. The number of rotatable bonds is 7. The van der Waals surface area contributed by atoms with Gasteiger partial charge in [-0.2, -0.15) is 0 Å². The van der Waals surface area contributed by atoms with Gasteiger partial charge >= 0.3 is 5.97 Å². The van der Waals surface area contributed by atoms with Crippen molar-refractivity contribution in [2.24, 2.45) is 0 Å². The van der Waals surface area contributed by atoms with Crippen LogP contribution < -0.4 is 4.74 Å². The van der Waals surface area contributed by atoms with Crippen LogP contribution in [0.2, 0.25) is 0 Å².